The second-order valence-electron chi connectivity index (χ2n) is 5.86. The lowest BCUT2D eigenvalue weighted by Gasteiger charge is -2.24. The van der Waals surface area contributed by atoms with Crippen LogP contribution in [0, 0.1) is 5.92 Å². The number of benzene rings is 1. The van der Waals surface area contributed by atoms with Crippen LogP contribution in [0.4, 0.5) is 0 Å². The molecule has 1 saturated carbocycles. The van der Waals surface area contributed by atoms with Gasteiger partial charge in [-0.25, -0.2) is 0 Å². The zero-order valence-electron chi connectivity index (χ0n) is 12.1. The zero-order chi connectivity index (χ0) is 14.5. The molecular formula is C16H25NO3. The predicted molar refractivity (Wildman–Crippen MR) is 78.9 cm³/mol. The third kappa shape index (κ3) is 3.57. The SMILES string of the molecule is C[C@H](NCc1ccc(O)c(O)c1O)C1CCCCCC1. The highest BCUT2D eigenvalue weighted by atomic mass is 16.3. The molecule has 4 nitrogen and oxygen atoms in total. The quantitative estimate of drug-likeness (QED) is 0.504. The summed E-state index contributed by atoms with van der Waals surface area (Å²) in [6, 6.07) is 3.43. The van der Waals surface area contributed by atoms with Gasteiger partial charge in [0, 0.05) is 18.2 Å². The highest BCUT2D eigenvalue weighted by Crippen LogP contribution is 2.37. The van der Waals surface area contributed by atoms with Gasteiger partial charge >= 0.3 is 0 Å². The molecule has 1 atom stereocenters. The van der Waals surface area contributed by atoms with Crippen molar-refractivity contribution in [1.82, 2.24) is 5.32 Å². The van der Waals surface area contributed by atoms with Gasteiger partial charge in [0.1, 0.15) is 0 Å². The Labute approximate surface area is 120 Å². The van der Waals surface area contributed by atoms with Gasteiger partial charge in [-0.1, -0.05) is 31.7 Å². The normalized spacial score (nSPS) is 18.6. The number of hydrogen-bond acceptors (Lipinski definition) is 4. The van der Waals surface area contributed by atoms with Gasteiger partial charge in [0.05, 0.1) is 0 Å². The van der Waals surface area contributed by atoms with Crippen LogP contribution in [-0.2, 0) is 6.54 Å². The predicted octanol–water partition coefficient (Wildman–Crippen LogP) is 3.25. The van der Waals surface area contributed by atoms with Crippen molar-refractivity contribution in [3.63, 3.8) is 0 Å². The van der Waals surface area contributed by atoms with Gasteiger partial charge in [0.25, 0.3) is 0 Å². The van der Waals surface area contributed by atoms with Crippen LogP contribution in [0.5, 0.6) is 17.2 Å². The van der Waals surface area contributed by atoms with Crippen molar-refractivity contribution in [3.8, 4) is 17.2 Å². The van der Waals surface area contributed by atoms with Crippen molar-refractivity contribution >= 4 is 0 Å². The van der Waals surface area contributed by atoms with Crippen LogP contribution in [0.1, 0.15) is 51.0 Å². The molecule has 112 valence electrons. The fraction of sp³-hybridized carbons (Fsp3) is 0.625. The van der Waals surface area contributed by atoms with E-state index in [1.807, 2.05) is 0 Å². The summed E-state index contributed by atoms with van der Waals surface area (Å²) in [6.07, 6.45) is 7.83. The van der Waals surface area contributed by atoms with E-state index in [0.29, 0.717) is 24.1 Å². The molecule has 4 heteroatoms. The summed E-state index contributed by atoms with van der Waals surface area (Å²) >= 11 is 0. The molecule has 1 fully saturated rings. The molecule has 1 aliphatic rings. The molecule has 20 heavy (non-hydrogen) atoms. The molecule has 0 spiro atoms. The van der Waals surface area contributed by atoms with Crippen LogP contribution < -0.4 is 5.32 Å². The van der Waals surface area contributed by atoms with Gasteiger partial charge < -0.3 is 20.6 Å². The first kappa shape index (κ1) is 15.0. The van der Waals surface area contributed by atoms with E-state index < -0.39 is 5.75 Å². The molecule has 0 aromatic heterocycles. The molecule has 0 unspecified atom stereocenters. The largest absolute Gasteiger partial charge is 0.504 e. The Bertz CT molecular complexity index is 440. The van der Waals surface area contributed by atoms with Crippen molar-refractivity contribution in [1.29, 1.82) is 0 Å². The average Bonchev–Trinajstić information content (AvgIpc) is 2.73. The molecule has 0 heterocycles. The number of nitrogens with one attached hydrogen (secondary N) is 1. The standard InChI is InChI=1S/C16H25NO3/c1-11(12-6-4-2-3-5-7-12)17-10-13-8-9-14(18)16(20)15(13)19/h8-9,11-12,17-20H,2-7,10H2,1H3/t11-/m0/s1. The first-order valence-electron chi connectivity index (χ1n) is 7.55. The Hall–Kier alpha value is -1.42. The number of phenols is 3. The Morgan fingerprint density at radius 2 is 1.70 bits per heavy atom. The van der Waals surface area contributed by atoms with Crippen LogP contribution in [0.2, 0.25) is 0 Å². The molecule has 0 radical (unpaired) electrons. The molecule has 1 aromatic rings. The van der Waals surface area contributed by atoms with E-state index in [0.717, 1.165) is 0 Å². The van der Waals surface area contributed by atoms with Gasteiger partial charge in [-0.3, -0.25) is 0 Å². The van der Waals surface area contributed by atoms with Crippen LogP contribution >= 0.6 is 0 Å². The summed E-state index contributed by atoms with van der Waals surface area (Å²) in [5, 5.41) is 32.0. The van der Waals surface area contributed by atoms with Crippen LogP contribution in [0.25, 0.3) is 0 Å². The van der Waals surface area contributed by atoms with Gasteiger partial charge in [0.15, 0.2) is 11.5 Å². The molecule has 2 rings (SSSR count). The number of phenolic OH excluding ortho intramolecular Hbond substituents is 3. The number of hydrogen-bond donors (Lipinski definition) is 4. The maximum absolute atomic E-state index is 9.80. The summed E-state index contributed by atoms with van der Waals surface area (Å²) in [5.41, 5.74) is 0.612. The van der Waals surface area contributed by atoms with Crippen molar-refractivity contribution in [3.05, 3.63) is 17.7 Å². The zero-order valence-corrected chi connectivity index (χ0v) is 12.1. The second kappa shape index (κ2) is 6.84. The molecule has 0 aliphatic heterocycles. The Kier molecular flexibility index (Phi) is 5.12. The minimum absolute atomic E-state index is 0.231. The lowest BCUT2D eigenvalue weighted by molar-refractivity contribution is 0.331. The van der Waals surface area contributed by atoms with Crippen molar-refractivity contribution in [2.75, 3.05) is 0 Å². The summed E-state index contributed by atoms with van der Waals surface area (Å²) in [7, 11) is 0. The van der Waals surface area contributed by atoms with Crippen LogP contribution in [-0.4, -0.2) is 21.4 Å². The van der Waals surface area contributed by atoms with Crippen LogP contribution in [0.3, 0.4) is 0 Å². The summed E-state index contributed by atoms with van der Waals surface area (Å²) < 4.78 is 0. The molecule has 4 N–H and O–H groups in total. The fourth-order valence-electron chi connectivity index (χ4n) is 3.00. The van der Waals surface area contributed by atoms with Gasteiger partial charge in [-0.15, -0.1) is 0 Å². The average molecular weight is 279 g/mol. The Morgan fingerprint density at radius 3 is 2.35 bits per heavy atom. The maximum Gasteiger partial charge on any atom is 0.200 e. The maximum atomic E-state index is 9.80. The van der Waals surface area contributed by atoms with Crippen molar-refractivity contribution in [2.24, 2.45) is 5.92 Å². The third-order valence-electron chi connectivity index (χ3n) is 4.43. The first-order chi connectivity index (χ1) is 9.59. The smallest absolute Gasteiger partial charge is 0.200 e. The first-order valence-corrected chi connectivity index (χ1v) is 7.55. The Balaban J connectivity index is 1.92. The molecule has 0 bridgehead atoms. The second-order valence-corrected chi connectivity index (χ2v) is 5.86. The lowest BCUT2D eigenvalue weighted by Crippen LogP contribution is -2.32. The van der Waals surface area contributed by atoms with E-state index in [9.17, 15) is 15.3 Å². The molecule has 0 saturated heterocycles. The van der Waals surface area contributed by atoms with E-state index in [4.69, 9.17) is 0 Å². The highest BCUT2D eigenvalue weighted by molar-refractivity contribution is 5.52. The lowest BCUT2D eigenvalue weighted by atomic mass is 9.93. The topological polar surface area (TPSA) is 72.7 Å². The van der Waals surface area contributed by atoms with Gasteiger partial charge in [-0.2, -0.15) is 0 Å². The minimum atomic E-state index is -0.439. The molecular weight excluding hydrogens is 254 g/mol. The van der Waals surface area contributed by atoms with E-state index in [1.54, 1.807) is 6.07 Å². The van der Waals surface area contributed by atoms with Gasteiger partial charge in [0.2, 0.25) is 5.75 Å². The number of aromatic hydroxyl groups is 3. The molecule has 1 aromatic carbocycles. The van der Waals surface area contributed by atoms with Crippen molar-refractivity contribution < 1.29 is 15.3 Å². The number of rotatable bonds is 4. The van der Waals surface area contributed by atoms with Gasteiger partial charge in [-0.05, 0) is 31.7 Å². The monoisotopic (exact) mass is 279 g/mol. The fourth-order valence-corrected chi connectivity index (χ4v) is 3.00. The van der Waals surface area contributed by atoms with Crippen LogP contribution in [0.15, 0.2) is 12.1 Å². The van der Waals surface area contributed by atoms with E-state index in [1.165, 1.54) is 44.6 Å². The molecule has 1 aliphatic carbocycles. The highest BCUT2D eigenvalue weighted by Gasteiger charge is 2.19. The summed E-state index contributed by atoms with van der Waals surface area (Å²) in [6.45, 7) is 2.69. The third-order valence-corrected chi connectivity index (χ3v) is 4.43. The molecule has 0 amide bonds. The Morgan fingerprint density at radius 1 is 1.05 bits per heavy atom. The minimum Gasteiger partial charge on any atom is -0.504 e. The van der Waals surface area contributed by atoms with E-state index in [-0.39, 0.29) is 11.5 Å². The van der Waals surface area contributed by atoms with Crippen molar-refractivity contribution in [2.45, 2.75) is 58.0 Å². The van der Waals surface area contributed by atoms with E-state index in [2.05, 4.69) is 12.2 Å². The summed E-state index contributed by atoms with van der Waals surface area (Å²) in [4.78, 5) is 0. The summed E-state index contributed by atoms with van der Waals surface area (Å²) in [5.74, 6) is -0.273. The van der Waals surface area contributed by atoms with E-state index >= 15 is 0 Å².